The number of hydrogen-bond acceptors (Lipinski definition) is 3. The molecule has 5 nitrogen and oxygen atoms in total. The number of anilines is 1. The van der Waals surface area contributed by atoms with Crippen molar-refractivity contribution in [1.29, 1.82) is 0 Å². The van der Waals surface area contributed by atoms with Gasteiger partial charge in [0.05, 0.1) is 17.8 Å². The Morgan fingerprint density at radius 1 is 1.44 bits per heavy atom. The minimum atomic E-state index is -3.39. The zero-order valence-corrected chi connectivity index (χ0v) is 10.2. The van der Waals surface area contributed by atoms with Gasteiger partial charge in [-0.1, -0.05) is 11.6 Å². The Bertz CT molecular complexity index is 499. The highest BCUT2D eigenvalue weighted by molar-refractivity contribution is 7.90. The van der Waals surface area contributed by atoms with Gasteiger partial charge in [0, 0.05) is 13.1 Å². The van der Waals surface area contributed by atoms with E-state index in [0.717, 1.165) is 0 Å². The lowest BCUT2D eigenvalue weighted by molar-refractivity contribution is 0.415. The van der Waals surface area contributed by atoms with E-state index in [1.807, 2.05) is 0 Å². The summed E-state index contributed by atoms with van der Waals surface area (Å²) in [5.41, 5.74) is 0.428. The first-order valence-electron chi connectivity index (χ1n) is 4.64. The van der Waals surface area contributed by atoms with Gasteiger partial charge in [-0.25, -0.2) is 0 Å². The molecule has 0 bridgehead atoms. The molecule has 2 rings (SSSR count). The smallest absolute Gasteiger partial charge is 0.301 e. The molecule has 0 aliphatic carbocycles. The maximum atomic E-state index is 11.6. The van der Waals surface area contributed by atoms with Crippen LogP contribution in [0.5, 0.6) is 5.75 Å². The Balaban J connectivity index is 2.19. The zero-order chi connectivity index (χ0) is 11.8. The minimum absolute atomic E-state index is 0.369. The third-order valence-electron chi connectivity index (χ3n) is 2.14. The van der Waals surface area contributed by atoms with Gasteiger partial charge in [0.1, 0.15) is 5.75 Å². The Hall–Kier alpha value is -0.980. The van der Waals surface area contributed by atoms with Crippen molar-refractivity contribution in [3.8, 4) is 5.75 Å². The van der Waals surface area contributed by atoms with Gasteiger partial charge in [-0.15, -0.1) is 0 Å². The third-order valence-corrected chi connectivity index (χ3v) is 3.98. The molecule has 1 fully saturated rings. The molecular formula is C9H11ClN2O3S. The predicted octanol–water partition coefficient (Wildman–Crippen LogP) is 1.32. The van der Waals surface area contributed by atoms with E-state index < -0.39 is 10.2 Å². The number of ether oxygens (including phenoxy) is 1. The average Bonchev–Trinajstić information content (AvgIpc) is 3.00. The summed E-state index contributed by atoms with van der Waals surface area (Å²) in [6, 6.07) is 4.73. The van der Waals surface area contributed by atoms with Crippen LogP contribution in [0, 0.1) is 0 Å². The third kappa shape index (κ3) is 2.40. The van der Waals surface area contributed by atoms with Gasteiger partial charge < -0.3 is 4.74 Å². The van der Waals surface area contributed by atoms with Gasteiger partial charge in [0.2, 0.25) is 0 Å². The van der Waals surface area contributed by atoms with Crippen LogP contribution in [0.4, 0.5) is 5.69 Å². The van der Waals surface area contributed by atoms with Crippen LogP contribution in [0.1, 0.15) is 0 Å². The molecular weight excluding hydrogens is 252 g/mol. The molecule has 88 valence electrons. The van der Waals surface area contributed by atoms with Gasteiger partial charge >= 0.3 is 10.2 Å². The molecule has 0 radical (unpaired) electrons. The fourth-order valence-electron chi connectivity index (χ4n) is 1.22. The van der Waals surface area contributed by atoms with Crippen LogP contribution in [0.2, 0.25) is 5.02 Å². The lowest BCUT2D eigenvalue weighted by atomic mass is 10.3. The molecule has 0 aromatic heterocycles. The number of hydrogen-bond donors (Lipinski definition) is 1. The van der Waals surface area contributed by atoms with Crippen molar-refractivity contribution in [3.05, 3.63) is 23.2 Å². The molecule has 0 amide bonds. The highest BCUT2D eigenvalue weighted by Gasteiger charge is 2.31. The molecule has 1 aromatic rings. The number of halogens is 1. The first-order chi connectivity index (χ1) is 7.53. The number of nitrogens with one attached hydrogen (secondary N) is 1. The number of benzene rings is 1. The summed E-state index contributed by atoms with van der Waals surface area (Å²) in [6.07, 6.45) is 0. The van der Waals surface area contributed by atoms with Crippen molar-refractivity contribution in [3.63, 3.8) is 0 Å². The van der Waals surface area contributed by atoms with E-state index in [2.05, 4.69) is 4.72 Å². The van der Waals surface area contributed by atoms with E-state index >= 15 is 0 Å². The van der Waals surface area contributed by atoms with E-state index in [4.69, 9.17) is 16.3 Å². The summed E-state index contributed by atoms with van der Waals surface area (Å²) in [5.74, 6) is 0.511. The van der Waals surface area contributed by atoms with Crippen molar-refractivity contribution in [2.24, 2.45) is 0 Å². The van der Waals surface area contributed by atoms with Crippen LogP contribution < -0.4 is 9.46 Å². The molecule has 1 aliphatic heterocycles. The Labute approximate surface area is 99.1 Å². The standard InChI is InChI=1S/C9H11ClN2O3S/c1-15-9-3-2-7(6-8(9)10)11-16(13,14)12-4-5-12/h2-3,6,11H,4-5H2,1H3. The zero-order valence-electron chi connectivity index (χ0n) is 8.60. The maximum Gasteiger partial charge on any atom is 0.301 e. The molecule has 1 heterocycles. The van der Waals surface area contributed by atoms with Gasteiger partial charge in [-0.3, -0.25) is 4.72 Å². The lowest BCUT2D eigenvalue weighted by Gasteiger charge is -2.09. The molecule has 1 saturated heterocycles. The molecule has 0 unspecified atom stereocenters. The summed E-state index contributed by atoms with van der Waals surface area (Å²) in [5, 5.41) is 0.369. The Kier molecular flexibility index (Phi) is 2.96. The van der Waals surface area contributed by atoms with Crippen LogP contribution in [0.15, 0.2) is 18.2 Å². The summed E-state index contributed by atoms with van der Waals surface area (Å²) >= 11 is 5.88. The molecule has 0 spiro atoms. The largest absolute Gasteiger partial charge is 0.495 e. The van der Waals surface area contributed by atoms with Gasteiger partial charge in [0.25, 0.3) is 0 Å². The first-order valence-corrected chi connectivity index (χ1v) is 6.46. The summed E-state index contributed by atoms with van der Waals surface area (Å²) < 4.78 is 31.9. The Morgan fingerprint density at radius 3 is 2.62 bits per heavy atom. The average molecular weight is 263 g/mol. The number of nitrogens with zero attached hydrogens (tertiary/aromatic N) is 1. The molecule has 0 saturated carbocycles. The lowest BCUT2D eigenvalue weighted by Crippen LogP contribution is -2.20. The van der Waals surface area contributed by atoms with E-state index in [9.17, 15) is 8.42 Å². The first kappa shape index (κ1) is 11.5. The second-order valence-corrected chi connectivity index (χ2v) is 5.43. The second kappa shape index (κ2) is 4.12. The van der Waals surface area contributed by atoms with E-state index in [1.165, 1.54) is 17.5 Å². The van der Waals surface area contributed by atoms with E-state index in [0.29, 0.717) is 29.5 Å². The van der Waals surface area contributed by atoms with Crippen molar-refractivity contribution in [2.75, 3.05) is 24.9 Å². The van der Waals surface area contributed by atoms with Crippen LogP contribution >= 0.6 is 11.6 Å². The van der Waals surface area contributed by atoms with Crippen molar-refractivity contribution in [2.45, 2.75) is 0 Å². The maximum absolute atomic E-state index is 11.6. The summed E-state index contributed by atoms with van der Waals surface area (Å²) in [6.45, 7) is 1.14. The van der Waals surface area contributed by atoms with Crippen LogP contribution in [-0.4, -0.2) is 32.9 Å². The molecule has 7 heteroatoms. The molecule has 1 aromatic carbocycles. The fourth-order valence-corrected chi connectivity index (χ4v) is 2.60. The molecule has 1 N–H and O–H groups in total. The fraction of sp³-hybridized carbons (Fsp3) is 0.333. The molecule has 1 aliphatic rings. The van der Waals surface area contributed by atoms with E-state index in [1.54, 1.807) is 12.1 Å². The summed E-state index contributed by atoms with van der Waals surface area (Å²) in [7, 11) is -1.89. The van der Waals surface area contributed by atoms with Gasteiger partial charge in [-0.05, 0) is 18.2 Å². The summed E-state index contributed by atoms with van der Waals surface area (Å²) in [4.78, 5) is 0. The Morgan fingerprint density at radius 2 is 2.12 bits per heavy atom. The number of methoxy groups -OCH3 is 1. The molecule has 0 atom stereocenters. The van der Waals surface area contributed by atoms with Gasteiger partial charge in [0.15, 0.2) is 0 Å². The van der Waals surface area contributed by atoms with Crippen molar-refractivity contribution in [1.82, 2.24) is 4.31 Å². The van der Waals surface area contributed by atoms with Crippen molar-refractivity contribution >= 4 is 27.5 Å². The highest BCUT2D eigenvalue weighted by atomic mass is 35.5. The second-order valence-electron chi connectivity index (χ2n) is 3.36. The SMILES string of the molecule is COc1ccc(NS(=O)(=O)N2CC2)cc1Cl. The van der Waals surface area contributed by atoms with Crippen molar-refractivity contribution < 1.29 is 13.2 Å². The normalized spacial score (nSPS) is 15.9. The quantitative estimate of drug-likeness (QED) is 0.833. The molecule has 16 heavy (non-hydrogen) atoms. The topological polar surface area (TPSA) is 58.4 Å². The van der Waals surface area contributed by atoms with Crippen LogP contribution in [0.25, 0.3) is 0 Å². The van der Waals surface area contributed by atoms with E-state index in [-0.39, 0.29) is 0 Å². The van der Waals surface area contributed by atoms with Gasteiger partial charge in [-0.2, -0.15) is 12.7 Å². The number of rotatable bonds is 4. The predicted molar refractivity (Wildman–Crippen MR) is 62.1 cm³/mol. The highest BCUT2D eigenvalue weighted by Crippen LogP contribution is 2.28. The van der Waals surface area contributed by atoms with Crippen LogP contribution in [-0.2, 0) is 10.2 Å². The monoisotopic (exact) mass is 262 g/mol. The minimum Gasteiger partial charge on any atom is -0.495 e. The van der Waals surface area contributed by atoms with Crippen LogP contribution in [0.3, 0.4) is 0 Å².